The third kappa shape index (κ3) is 4.51. The molecule has 2 aromatic rings. The highest BCUT2D eigenvalue weighted by Crippen LogP contribution is 2.42. The van der Waals surface area contributed by atoms with Crippen molar-refractivity contribution < 1.29 is 19.5 Å². The maximum absolute atomic E-state index is 13.2. The van der Waals surface area contributed by atoms with Crippen LogP contribution in [0.5, 0.6) is 5.75 Å². The summed E-state index contributed by atoms with van der Waals surface area (Å²) in [6, 6.07) is 9.37. The zero-order valence-corrected chi connectivity index (χ0v) is 19.3. The molecule has 0 amide bonds. The average molecular weight is 426 g/mol. The van der Waals surface area contributed by atoms with E-state index in [1.54, 1.807) is 39.0 Å². The Morgan fingerprint density at radius 1 is 1.23 bits per heavy atom. The van der Waals surface area contributed by atoms with Gasteiger partial charge >= 0.3 is 5.97 Å². The molecule has 0 radical (unpaired) electrons. The van der Waals surface area contributed by atoms with E-state index in [0.717, 1.165) is 0 Å². The van der Waals surface area contributed by atoms with Gasteiger partial charge in [0.15, 0.2) is 11.4 Å². The van der Waals surface area contributed by atoms with Crippen molar-refractivity contribution in [1.29, 1.82) is 5.26 Å². The summed E-state index contributed by atoms with van der Waals surface area (Å²) in [6.07, 6.45) is 0.660. The number of para-hydroxylation sites is 1. The summed E-state index contributed by atoms with van der Waals surface area (Å²) >= 11 is 0. The lowest BCUT2D eigenvalue weighted by molar-refractivity contribution is -0.324. The summed E-state index contributed by atoms with van der Waals surface area (Å²) in [4.78, 5) is 23.6. The van der Waals surface area contributed by atoms with E-state index in [0.29, 0.717) is 29.4 Å². The molecule has 1 aliphatic heterocycles. The van der Waals surface area contributed by atoms with E-state index in [-0.39, 0.29) is 17.4 Å². The third-order valence-electron chi connectivity index (χ3n) is 5.66. The highest BCUT2D eigenvalue weighted by Gasteiger charge is 2.49. The first-order valence-corrected chi connectivity index (χ1v) is 10.5. The third-order valence-corrected chi connectivity index (χ3v) is 5.66. The smallest absolute Gasteiger partial charge is 0.342 e. The van der Waals surface area contributed by atoms with E-state index in [1.807, 2.05) is 38.8 Å². The van der Waals surface area contributed by atoms with Crippen LogP contribution in [0.3, 0.4) is 0 Å². The van der Waals surface area contributed by atoms with Gasteiger partial charge in [0.25, 0.3) is 0 Å². The molecule has 0 aliphatic carbocycles. The maximum atomic E-state index is 13.2. The molecule has 1 fully saturated rings. The molecule has 0 atom stereocenters. The number of ether oxygens (including phenoxy) is 1. The quantitative estimate of drug-likeness (QED) is 0.712. The first-order valence-electron chi connectivity index (χ1n) is 10.5. The van der Waals surface area contributed by atoms with Crippen LogP contribution in [0.4, 0.5) is 0 Å². The van der Waals surface area contributed by atoms with E-state index in [4.69, 9.17) is 9.57 Å². The maximum Gasteiger partial charge on any atom is 0.342 e. The van der Waals surface area contributed by atoms with Crippen LogP contribution in [0.15, 0.2) is 24.3 Å². The van der Waals surface area contributed by atoms with Crippen LogP contribution >= 0.6 is 0 Å². The first kappa shape index (κ1) is 23.0. The number of aromatic nitrogens is 1. The second-order valence-electron chi connectivity index (χ2n) is 10.0. The minimum atomic E-state index is -0.975. The van der Waals surface area contributed by atoms with Crippen LogP contribution in [-0.2, 0) is 9.57 Å². The normalized spacial score (nSPS) is 19.2. The number of carbonyl (C=O) groups excluding carboxylic acids is 1. The number of benzene rings is 1. The number of aryl methyl sites for hydroxylation is 1. The van der Waals surface area contributed by atoms with Gasteiger partial charge in [-0.25, -0.2) is 9.78 Å². The van der Waals surface area contributed by atoms with E-state index in [1.165, 1.54) is 0 Å². The average Bonchev–Trinajstić information content (AvgIpc) is 2.65. The first-order chi connectivity index (χ1) is 14.3. The standard InChI is InChI=1S/C24H31N3O4/c1-15-20(28)19(17-10-8-9-11-18(17)26-15)21(29)30-16-12-22(2,3)27(23(4,5)13-16)31-24(6,7)14-25/h8-11,16,28H,12-13H2,1-7H3. The number of nitriles is 1. The van der Waals surface area contributed by atoms with Crippen LogP contribution in [-0.4, -0.2) is 43.9 Å². The lowest BCUT2D eigenvalue weighted by Gasteiger charge is -2.54. The topological polar surface area (TPSA) is 95.7 Å². The Hall–Kier alpha value is -2.69. The van der Waals surface area contributed by atoms with Crippen molar-refractivity contribution >= 4 is 16.9 Å². The number of carbonyl (C=O) groups is 1. The van der Waals surface area contributed by atoms with Gasteiger partial charge in [0, 0.05) is 29.3 Å². The number of nitrogens with zero attached hydrogens (tertiary/aromatic N) is 3. The number of rotatable bonds is 4. The Kier molecular flexibility index (Phi) is 5.76. The van der Waals surface area contributed by atoms with E-state index >= 15 is 0 Å². The predicted molar refractivity (Wildman–Crippen MR) is 117 cm³/mol. The summed E-state index contributed by atoms with van der Waals surface area (Å²) in [5.74, 6) is -0.721. The van der Waals surface area contributed by atoms with Gasteiger partial charge in [0.1, 0.15) is 11.7 Å². The van der Waals surface area contributed by atoms with Crippen molar-refractivity contribution in [1.82, 2.24) is 10.0 Å². The van der Waals surface area contributed by atoms with Crippen LogP contribution in [0.1, 0.15) is 70.4 Å². The number of pyridine rings is 1. The van der Waals surface area contributed by atoms with E-state index in [9.17, 15) is 15.2 Å². The van der Waals surface area contributed by atoms with Crippen molar-refractivity contribution in [2.75, 3.05) is 0 Å². The van der Waals surface area contributed by atoms with Crippen molar-refractivity contribution in [3.8, 4) is 11.8 Å². The Labute approximate surface area is 183 Å². The van der Waals surface area contributed by atoms with Gasteiger partial charge in [-0.15, -0.1) is 0 Å². The lowest BCUT2D eigenvalue weighted by Crippen LogP contribution is -2.63. The molecule has 1 saturated heterocycles. The molecule has 1 aromatic heterocycles. The number of esters is 1. The molecule has 2 heterocycles. The molecular formula is C24H31N3O4. The fourth-order valence-corrected chi connectivity index (χ4v) is 4.49. The van der Waals surface area contributed by atoms with Gasteiger partial charge in [-0.2, -0.15) is 10.3 Å². The largest absolute Gasteiger partial charge is 0.505 e. The van der Waals surface area contributed by atoms with Crippen molar-refractivity contribution in [3.63, 3.8) is 0 Å². The van der Waals surface area contributed by atoms with Crippen LogP contribution in [0.25, 0.3) is 10.9 Å². The fourth-order valence-electron chi connectivity index (χ4n) is 4.49. The van der Waals surface area contributed by atoms with Crippen LogP contribution in [0, 0.1) is 18.3 Å². The second-order valence-corrected chi connectivity index (χ2v) is 10.0. The van der Waals surface area contributed by atoms with Gasteiger partial charge in [-0.05, 0) is 54.5 Å². The van der Waals surface area contributed by atoms with Gasteiger partial charge in [-0.3, -0.25) is 4.84 Å². The second kappa shape index (κ2) is 7.77. The molecule has 3 rings (SSSR count). The molecule has 1 N–H and O–H groups in total. The number of hydrogen-bond donors (Lipinski definition) is 1. The highest BCUT2D eigenvalue weighted by molar-refractivity contribution is 6.06. The fraction of sp³-hybridized carbons (Fsp3) is 0.542. The number of aromatic hydroxyl groups is 1. The van der Waals surface area contributed by atoms with Crippen molar-refractivity contribution in [2.45, 2.75) is 84.1 Å². The van der Waals surface area contributed by atoms with Gasteiger partial charge < -0.3 is 9.84 Å². The Morgan fingerprint density at radius 3 is 2.39 bits per heavy atom. The molecular weight excluding hydrogens is 394 g/mol. The molecule has 166 valence electrons. The summed E-state index contributed by atoms with van der Waals surface area (Å²) in [7, 11) is 0. The summed E-state index contributed by atoms with van der Waals surface area (Å²) < 4.78 is 5.92. The Morgan fingerprint density at radius 2 is 1.81 bits per heavy atom. The molecule has 7 heteroatoms. The van der Waals surface area contributed by atoms with E-state index in [2.05, 4.69) is 11.1 Å². The molecule has 0 unspecified atom stereocenters. The zero-order chi connectivity index (χ0) is 23.2. The predicted octanol–water partition coefficient (Wildman–Crippen LogP) is 4.66. The number of piperidine rings is 1. The number of hydrogen-bond acceptors (Lipinski definition) is 7. The highest BCUT2D eigenvalue weighted by atomic mass is 16.7. The van der Waals surface area contributed by atoms with E-state index < -0.39 is 22.6 Å². The van der Waals surface area contributed by atoms with Crippen molar-refractivity contribution in [3.05, 3.63) is 35.5 Å². The van der Waals surface area contributed by atoms with Gasteiger partial charge in [0.2, 0.25) is 0 Å². The minimum Gasteiger partial charge on any atom is -0.505 e. The molecule has 7 nitrogen and oxygen atoms in total. The SMILES string of the molecule is Cc1nc2ccccc2c(C(=O)OC2CC(C)(C)N(OC(C)(C)C#N)C(C)(C)C2)c1O. The summed E-state index contributed by atoms with van der Waals surface area (Å²) in [5.41, 5.74) is -0.793. The Bertz CT molecular complexity index is 1030. The summed E-state index contributed by atoms with van der Waals surface area (Å²) in [5, 5.41) is 22.4. The zero-order valence-electron chi connectivity index (χ0n) is 19.3. The molecule has 0 spiro atoms. The molecule has 1 aromatic carbocycles. The van der Waals surface area contributed by atoms with Gasteiger partial charge in [-0.1, -0.05) is 18.2 Å². The lowest BCUT2D eigenvalue weighted by atomic mass is 9.80. The van der Waals surface area contributed by atoms with Crippen LogP contribution < -0.4 is 0 Å². The molecule has 0 bridgehead atoms. The van der Waals surface area contributed by atoms with Gasteiger partial charge in [0.05, 0.1) is 17.3 Å². The molecule has 0 saturated carbocycles. The minimum absolute atomic E-state index is 0.142. The summed E-state index contributed by atoms with van der Waals surface area (Å²) in [6.45, 7) is 13.1. The monoisotopic (exact) mass is 425 g/mol. The number of hydroxylamine groups is 2. The Balaban J connectivity index is 1.89. The van der Waals surface area contributed by atoms with Crippen molar-refractivity contribution in [2.24, 2.45) is 0 Å². The number of fused-ring (bicyclic) bond motifs is 1. The molecule has 31 heavy (non-hydrogen) atoms. The molecule has 1 aliphatic rings. The van der Waals surface area contributed by atoms with Crippen LogP contribution in [0.2, 0.25) is 0 Å².